The van der Waals surface area contributed by atoms with Crippen molar-refractivity contribution in [3.05, 3.63) is 12.1 Å². The topological polar surface area (TPSA) is 74.8 Å². The van der Waals surface area contributed by atoms with Crippen molar-refractivity contribution in [2.45, 2.75) is 51.0 Å². The molecule has 0 radical (unpaired) electrons. The molecule has 0 bridgehead atoms. The Morgan fingerprint density at radius 1 is 1.03 bits per heavy atom. The van der Waals surface area contributed by atoms with Gasteiger partial charge in [-0.3, -0.25) is 0 Å². The van der Waals surface area contributed by atoms with Crippen molar-refractivity contribution in [1.82, 2.24) is 20.2 Å². The minimum absolute atomic E-state index is 0.371. The second-order valence-electron chi connectivity index (χ2n) is 9.52. The van der Waals surface area contributed by atoms with Crippen LogP contribution in [0.1, 0.15) is 44.9 Å². The van der Waals surface area contributed by atoms with Gasteiger partial charge in [-0.05, 0) is 70.6 Å². The molecule has 0 amide bonds. The van der Waals surface area contributed by atoms with Gasteiger partial charge in [0, 0.05) is 43.7 Å². The Bertz CT molecular complexity index is 921. The van der Waals surface area contributed by atoms with E-state index in [1.807, 2.05) is 12.1 Å². The largest absolute Gasteiger partial charge is 0.493 e. The third-order valence-corrected chi connectivity index (χ3v) is 7.07. The van der Waals surface area contributed by atoms with Crippen molar-refractivity contribution >= 4 is 22.7 Å². The fourth-order valence-electron chi connectivity index (χ4n) is 5.21. The van der Waals surface area contributed by atoms with Gasteiger partial charge < -0.3 is 29.9 Å². The molecule has 1 atom stereocenters. The first-order valence-electron chi connectivity index (χ1n) is 12.8. The van der Waals surface area contributed by atoms with Gasteiger partial charge >= 0.3 is 0 Å². The number of nitrogens with zero attached hydrogens (tertiary/aromatic N) is 4. The van der Waals surface area contributed by atoms with Crippen LogP contribution in [0.5, 0.6) is 11.5 Å². The SMILES string of the molecule is COc1cc2c(N[C@@H]3CCCNC3)nc(N3CCCC3)nc2cc1OCCCN1CCCC1. The number of likely N-dealkylation sites (tertiary alicyclic amines) is 1. The van der Waals surface area contributed by atoms with E-state index >= 15 is 0 Å². The predicted molar refractivity (Wildman–Crippen MR) is 133 cm³/mol. The summed E-state index contributed by atoms with van der Waals surface area (Å²) < 4.78 is 11.9. The van der Waals surface area contributed by atoms with Gasteiger partial charge in [-0.25, -0.2) is 4.98 Å². The molecule has 0 saturated carbocycles. The highest BCUT2D eigenvalue weighted by molar-refractivity contribution is 5.93. The number of ether oxygens (including phenoxy) is 2. The Morgan fingerprint density at radius 3 is 2.61 bits per heavy atom. The molecule has 5 rings (SSSR count). The normalized spacial score (nSPS) is 21.6. The Balaban J connectivity index is 1.39. The molecular weight excluding hydrogens is 416 g/mol. The maximum Gasteiger partial charge on any atom is 0.227 e. The summed E-state index contributed by atoms with van der Waals surface area (Å²) >= 11 is 0. The van der Waals surface area contributed by atoms with Crippen LogP contribution in [0.3, 0.4) is 0 Å². The van der Waals surface area contributed by atoms with Crippen LogP contribution in [-0.4, -0.2) is 80.4 Å². The van der Waals surface area contributed by atoms with Crippen LogP contribution < -0.4 is 25.0 Å². The fourth-order valence-corrected chi connectivity index (χ4v) is 5.21. The van der Waals surface area contributed by atoms with Gasteiger partial charge in [0.2, 0.25) is 5.95 Å². The second-order valence-corrected chi connectivity index (χ2v) is 9.52. The number of fused-ring (bicyclic) bond motifs is 1. The average Bonchev–Trinajstić information content (AvgIpc) is 3.56. The number of nitrogens with one attached hydrogen (secondary N) is 2. The molecule has 33 heavy (non-hydrogen) atoms. The average molecular weight is 455 g/mol. The molecule has 8 heteroatoms. The third kappa shape index (κ3) is 5.44. The van der Waals surface area contributed by atoms with E-state index in [1.165, 1.54) is 45.2 Å². The summed E-state index contributed by atoms with van der Waals surface area (Å²) in [6.45, 7) is 8.32. The summed E-state index contributed by atoms with van der Waals surface area (Å²) in [6.07, 6.45) is 8.39. The Labute approximate surface area is 197 Å². The van der Waals surface area contributed by atoms with Crippen molar-refractivity contribution in [3.8, 4) is 11.5 Å². The lowest BCUT2D eigenvalue weighted by atomic mass is 10.1. The lowest BCUT2D eigenvalue weighted by Crippen LogP contribution is -2.38. The van der Waals surface area contributed by atoms with E-state index in [0.29, 0.717) is 12.6 Å². The highest BCUT2D eigenvalue weighted by Gasteiger charge is 2.21. The molecule has 2 aromatic rings. The van der Waals surface area contributed by atoms with Gasteiger partial charge in [0.05, 0.1) is 19.2 Å². The van der Waals surface area contributed by atoms with Crippen molar-refractivity contribution in [2.24, 2.45) is 0 Å². The molecule has 0 aliphatic carbocycles. The summed E-state index contributed by atoms with van der Waals surface area (Å²) in [5.41, 5.74) is 0.911. The van der Waals surface area contributed by atoms with Gasteiger partial charge in [-0.1, -0.05) is 0 Å². The van der Waals surface area contributed by atoms with Crippen molar-refractivity contribution in [3.63, 3.8) is 0 Å². The number of aromatic nitrogens is 2. The van der Waals surface area contributed by atoms with Crippen LogP contribution in [0.15, 0.2) is 12.1 Å². The number of hydrogen-bond donors (Lipinski definition) is 2. The van der Waals surface area contributed by atoms with Gasteiger partial charge in [-0.2, -0.15) is 4.98 Å². The molecular formula is C25H38N6O2. The smallest absolute Gasteiger partial charge is 0.227 e. The summed E-state index contributed by atoms with van der Waals surface area (Å²) in [6, 6.07) is 4.45. The first-order chi connectivity index (χ1) is 16.3. The molecule has 0 unspecified atom stereocenters. The lowest BCUT2D eigenvalue weighted by molar-refractivity contribution is 0.254. The monoisotopic (exact) mass is 454 g/mol. The van der Waals surface area contributed by atoms with Crippen LogP contribution in [-0.2, 0) is 0 Å². The van der Waals surface area contributed by atoms with Crippen molar-refractivity contribution < 1.29 is 9.47 Å². The minimum atomic E-state index is 0.371. The molecule has 2 N–H and O–H groups in total. The van der Waals surface area contributed by atoms with E-state index in [1.54, 1.807) is 7.11 Å². The molecule has 1 aromatic carbocycles. The van der Waals surface area contributed by atoms with Crippen molar-refractivity contribution in [2.75, 3.05) is 69.7 Å². The molecule has 180 valence electrons. The van der Waals surface area contributed by atoms with Crippen LogP contribution in [0.2, 0.25) is 0 Å². The number of hydrogen-bond acceptors (Lipinski definition) is 8. The van der Waals surface area contributed by atoms with E-state index in [9.17, 15) is 0 Å². The summed E-state index contributed by atoms with van der Waals surface area (Å²) in [7, 11) is 1.70. The quantitative estimate of drug-likeness (QED) is 0.560. The molecule has 0 spiro atoms. The van der Waals surface area contributed by atoms with Crippen molar-refractivity contribution in [1.29, 1.82) is 0 Å². The first kappa shape index (κ1) is 22.5. The molecule has 3 saturated heterocycles. The summed E-state index contributed by atoms with van der Waals surface area (Å²) in [4.78, 5) is 14.7. The Hall–Kier alpha value is -2.32. The van der Waals surface area contributed by atoms with E-state index in [-0.39, 0.29) is 0 Å². The predicted octanol–water partition coefficient (Wildman–Crippen LogP) is 3.27. The molecule has 3 aliphatic heterocycles. The lowest BCUT2D eigenvalue weighted by Gasteiger charge is -2.26. The van der Waals surface area contributed by atoms with E-state index in [4.69, 9.17) is 19.4 Å². The molecule has 8 nitrogen and oxygen atoms in total. The number of rotatable bonds is 9. The van der Waals surface area contributed by atoms with Crippen LogP contribution >= 0.6 is 0 Å². The summed E-state index contributed by atoms with van der Waals surface area (Å²) in [5.74, 6) is 3.22. The molecule has 1 aromatic heterocycles. The summed E-state index contributed by atoms with van der Waals surface area (Å²) in [5, 5.41) is 8.18. The van der Waals surface area contributed by atoms with Gasteiger partial charge in [-0.15, -0.1) is 0 Å². The highest BCUT2D eigenvalue weighted by Crippen LogP contribution is 2.36. The maximum atomic E-state index is 6.20. The molecule has 3 fully saturated rings. The second kappa shape index (κ2) is 10.7. The zero-order valence-electron chi connectivity index (χ0n) is 19.9. The van der Waals surface area contributed by atoms with E-state index < -0.39 is 0 Å². The van der Waals surface area contributed by atoms with Gasteiger partial charge in [0.15, 0.2) is 11.5 Å². The van der Waals surface area contributed by atoms with Crippen LogP contribution in [0, 0.1) is 0 Å². The number of piperidine rings is 1. The maximum absolute atomic E-state index is 6.20. The Morgan fingerprint density at radius 2 is 1.85 bits per heavy atom. The van der Waals surface area contributed by atoms with Gasteiger partial charge in [0.1, 0.15) is 5.82 Å². The van der Waals surface area contributed by atoms with Gasteiger partial charge in [0.25, 0.3) is 0 Å². The standard InChI is InChI=1S/C25H38N6O2/c1-32-22-16-20-21(17-23(22)33-15-7-12-30-10-2-3-11-30)28-25(31-13-4-5-14-31)29-24(20)27-19-8-6-9-26-18-19/h16-17,19,26H,2-15,18H2,1H3,(H,27,28,29)/t19-/m1/s1. The van der Waals surface area contributed by atoms with Crippen LogP contribution in [0.4, 0.5) is 11.8 Å². The fraction of sp³-hybridized carbons (Fsp3) is 0.680. The van der Waals surface area contributed by atoms with E-state index in [0.717, 1.165) is 79.7 Å². The molecule has 3 aliphatic rings. The zero-order chi connectivity index (χ0) is 22.5. The highest BCUT2D eigenvalue weighted by atomic mass is 16.5. The van der Waals surface area contributed by atoms with E-state index in [2.05, 4.69) is 20.4 Å². The number of methoxy groups -OCH3 is 1. The number of benzene rings is 1. The number of anilines is 2. The Kier molecular flexibility index (Phi) is 7.31. The zero-order valence-corrected chi connectivity index (χ0v) is 19.9. The molecule has 4 heterocycles. The minimum Gasteiger partial charge on any atom is -0.493 e. The van der Waals surface area contributed by atoms with Crippen LogP contribution in [0.25, 0.3) is 10.9 Å². The third-order valence-electron chi connectivity index (χ3n) is 7.07. The first-order valence-corrected chi connectivity index (χ1v) is 12.8.